The van der Waals surface area contributed by atoms with Crippen molar-refractivity contribution in [2.24, 2.45) is 5.41 Å². The molecule has 2 amide bonds. The first-order chi connectivity index (χ1) is 16.3. The summed E-state index contributed by atoms with van der Waals surface area (Å²) in [4.78, 5) is 36.8. The molecule has 0 aromatic heterocycles. The van der Waals surface area contributed by atoms with E-state index >= 15 is 0 Å². The summed E-state index contributed by atoms with van der Waals surface area (Å²) in [5.41, 5.74) is 3.52. The van der Waals surface area contributed by atoms with Crippen molar-refractivity contribution in [1.29, 1.82) is 0 Å². The number of rotatable bonds is 7. The van der Waals surface area contributed by atoms with Crippen molar-refractivity contribution in [3.8, 4) is 11.1 Å². The molecule has 7 nitrogen and oxygen atoms in total. The smallest absolute Gasteiger partial charge is 0.407 e. The molecule has 0 saturated heterocycles. The van der Waals surface area contributed by atoms with Crippen LogP contribution in [0.5, 0.6) is 0 Å². The third-order valence-corrected chi connectivity index (χ3v) is 7.76. The first kappa shape index (κ1) is 22.4. The average molecular weight is 463 g/mol. The zero-order valence-corrected chi connectivity index (χ0v) is 19.3. The molecule has 2 aromatic rings. The van der Waals surface area contributed by atoms with Crippen molar-refractivity contribution >= 4 is 18.0 Å². The number of nitrogens with one attached hydrogen (secondary N) is 2. The lowest BCUT2D eigenvalue weighted by molar-refractivity contribution is -0.165. The highest BCUT2D eigenvalue weighted by Gasteiger charge is 2.61. The van der Waals surface area contributed by atoms with Gasteiger partial charge in [-0.3, -0.25) is 4.79 Å². The van der Waals surface area contributed by atoms with Crippen molar-refractivity contribution in [1.82, 2.24) is 10.6 Å². The van der Waals surface area contributed by atoms with E-state index in [9.17, 15) is 19.5 Å². The van der Waals surface area contributed by atoms with E-state index in [0.29, 0.717) is 12.8 Å². The quantitative estimate of drug-likeness (QED) is 0.572. The Hall–Kier alpha value is -3.35. The van der Waals surface area contributed by atoms with Crippen molar-refractivity contribution in [3.05, 3.63) is 59.7 Å². The average Bonchev–Trinajstić information content (AvgIpc) is 3.06. The number of fused-ring (bicyclic) bond motifs is 3. The normalized spacial score (nSPS) is 19.7. The maximum absolute atomic E-state index is 12.5. The number of carbonyl (C=O) groups excluding carboxylic acids is 2. The molecule has 3 N–H and O–H groups in total. The van der Waals surface area contributed by atoms with Crippen LogP contribution in [0.4, 0.5) is 4.79 Å². The highest BCUT2D eigenvalue weighted by Crippen LogP contribution is 2.60. The molecule has 2 aromatic carbocycles. The summed E-state index contributed by atoms with van der Waals surface area (Å²) >= 11 is 0. The second-order valence-electron chi connectivity index (χ2n) is 10.2. The summed E-state index contributed by atoms with van der Waals surface area (Å²) in [6.07, 6.45) is 3.60. The van der Waals surface area contributed by atoms with Gasteiger partial charge in [0.25, 0.3) is 0 Å². The van der Waals surface area contributed by atoms with Crippen LogP contribution in [-0.2, 0) is 14.3 Å². The number of carboxylic acid groups (broad SMARTS) is 1. The van der Waals surface area contributed by atoms with Crippen molar-refractivity contribution in [3.63, 3.8) is 0 Å². The minimum absolute atomic E-state index is 0.00771. The van der Waals surface area contributed by atoms with Gasteiger partial charge in [-0.15, -0.1) is 0 Å². The van der Waals surface area contributed by atoms with Crippen LogP contribution in [0.2, 0.25) is 0 Å². The fourth-order valence-corrected chi connectivity index (χ4v) is 6.04. The molecule has 7 heteroatoms. The molecule has 3 aliphatic rings. The number of alkyl carbamates (subject to hydrolysis) is 1. The topological polar surface area (TPSA) is 105 Å². The lowest BCUT2D eigenvalue weighted by Crippen LogP contribution is -2.68. The van der Waals surface area contributed by atoms with Crippen LogP contribution in [0.1, 0.15) is 62.5 Å². The summed E-state index contributed by atoms with van der Waals surface area (Å²) in [6, 6.07) is 15.8. The number of amides is 2. The van der Waals surface area contributed by atoms with Gasteiger partial charge in [-0.2, -0.15) is 0 Å². The van der Waals surface area contributed by atoms with E-state index in [1.807, 2.05) is 24.3 Å². The summed E-state index contributed by atoms with van der Waals surface area (Å²) in [7, 11) is 0. The highest BCUT2D eigenvalue weighted by molar-refractivity contribution is 5.88. The molecular formula is C27H30N2O5. The first-order valence-electron chi connectivity index (χ1n) is 12.0. The lowest BCUT2D eigenvalue weighted by Gasteiger charge is -2.59. The third-order valence-electron chi connectivity index (χ3n) is 7.76. The number of hydrogen-bond donors (Lipinski definition) is 3. The van der Waals surface area contributed by atoms with Crippen LogP contribution >= 0.6 is 0 Å². The number of benzene rings is 2. The number of ether oxygens (including phenoxy) is 1. The summed E-state index contributed by atoms with van der Waals surface area (Å²) in [5.74, 6) is -1.39. The molecule has 1 atom stereocenters. The van der Waals surface area contributed by atoms with Gasteiger partial charge in [-0.1, -0.05) is 55.0 Å². The number of carbonyl (C=O) groups is 3. The molecule has 2 saturated carbocycles. The maximum atomic E-state index is 12.5. The molecule has 0 heterocycles. The van der Waals surface area contributed by atoms with Gasteiger partial charge in [0.15, 0.2) is 0 Å². The van der Waals surface area contributed by atoms with Gasteiger partial charge in [-0.05, 0) is 60.3 Å². The molecular weight excluding hydrogens is 432 g/mol. The Balaban J connectivity index is 1.13. The molecule has 0 radical (unpaired) electrons. The van der Waals surface area contributed by atoms with Gasteiger partial charge < -0.3 is 20.5 Å². The van der Waals surface area contributed by atoms with Gasteiger partial charge in [0, 0.05) is 18.4 Å². The Bertz CT molecular complexity index is 1090. The fourth-order valence-electron chi connectivity index (χ4n) is 6.04. The van der Waals surface area contributed by atoms with Gasteiger partial charge >= 0.3 is 12.1 Å². The van der Waals surface area contributed by atoms with E-state index in [0.717, 1.165) is 41.5 Å². The van der Waals surface area contributed by atoms with Gasteiger partial charge in [0.1, 0.15) is 12.1 Å². The second-order valence-corrected chi connectivity index (χ2v) is 10.2. The second kappa shape index (κ2) is 8.46. The molecule has 2 fully saturated rings. The van der Waals surface area contributed by atoms with Crippen LogP contribution in [-0.4, -0.2) is 41.3 Å². The van der Waals surface area contributed by atoms with Crippen LogP contribution in [0.25, 0.3) is 11.1 Å². The monoisotopic (exact) mass is 462 g/mol. The molecule has 0 bridgehead atoms. The molecule has 3 aliphatic carbocycles. The SMILES string of the molecule is C[C@@H](CC(=O)NC1(C(=O)O)CC2(CCC2)C1)NC(=O)OCC1c2ccccc2-c2ccccc21. The van der Waals surface area contributed by atoms with E-state index in [-0.39, 0.29) is 30.3 Å². The predicted octanol–water partition coefficient (Wildman–Crippen LogP) is 4.21. The van der Waals surface area contributed by atoms with Crippen LogP contribution in [0.15, 0.2) is 48.5 Å². The molecule has 178 valence electrons. The van der Waals surface area contributed by atoms with E-state index in [1.54, 1.807) is 6.92 Å². The van der Waals surface area contributed by atoms with Gasteiger partial charge in [-0.25, -0.2) is 9.59 Å². The summed E-state index contributed by atoms with van der Waals surface area (Å²) in [5, 5.41) is 15.1. The van der Waals surface area contributed by atoms with Crippen LogP contribution in [0.3, 0.4) is 0 Å². The minimum Gasteiger partial charge on any atom is -0.480 e. The van der Waals surface area contributed by atoms with Crippen LogP contribution < -0.4 is 10.6 Å². The van der Waals surface area contributed by atoms with Crippen molar-refractivity contribution < 1.29 is 24.2 Å². The number of aliphatic carboxylic acids is 1. The van der Waals surface area contributed by atoms with Crippen molar-refractivity contribution in [2.75, 3.05) is 6.61 Å². The largest absolute Gasteiger partial charge is 0.480 e. The predicted molar refractivity (Wildman–Crippen MR) is 126 cm³/mol. The maximum Gasteiger partial charge on any atom is 0.407 e. The minimum atomic E-state index is -1.17. The molecule has 5 rings (SSSR count). The standard InChI is InChI=1S/C27H30N2O5/c1-17(13-23(30)29-27(24(31)32)15-26(16-27)11-6-12-26)28-25(33)34-14-22-20-9-4-2-7-18(20)19-8-3-5-10-21(19)22/h2-5,7-10,17,22H,6,11-16H2,1H3,(H,28,33)(H,29,30)(H,31,32)/t17-/m0/s1. The Morgan fingerprint density at radius 2 is 1.62 bits per heavy atom. The Labute approximate surface area is 198 Å². The van der Waals surface area contributed by atoms with Crippen molar-refractivity contribution in [2.45, 2.75) is 62.9 Å². The van der Waals surface area contributed by atoms with E-state index in [1.165, 1.54) is 0 Å². The summed E-state index contributed by atoms with van der Waals surface area (Å²) in [6.45, 7) is 1.91. The highest BCUT2D eigenvalue weighted by atomic mass is 16.5. The lowest BCUT2D eigenvalue weighted by atomic mass is 9.48. The molecule has 34 heavy (non-hydrogen) atoms. The van der Waals surface area contributed by atoms with E-state index in [4.69, 9.17) is 4.74 Å². The fraction of sp³-hybridized carbons (Fsp3) is 0.444. The van der Waals surface area contributed by atoms with E-state index < -0.39 is 23.6 Å². The Kier molecular flexibility index (Phi) is 5.58. The molecule has 0 aliphatic heterocycles. The number of hydrogen-bond acceptors (Lipinski definition) is 4. The molecule has 1 spiro atoms. The number of carboxylic acids is 1. The zero-order valence-electron chi connectivity index (χ0n) is 19.3. The van der Waals surface area contributed by atoms with E-state index in [2.05, 4.69) is 34.9 Å². The zero-order chi connectivity index (χ0) is 23.9. The third kappa shape index (κ3) is 3.93. The van der Waals surface area contributed by atoms with Gasteiger partial charge in [0.2, 0.25) is 5.91 Å². The molecule has 0 unspecified atom stereocenters. The Morgan fingerprint density at radius 3 is 2.15 bits per heavy atom. The van der Waals surface area contributed by atoms with Crippen LogP contribution in [0, 0.1) is 5.41 Å². The van der Waals surface area contributed by atoms with Gasteiger partial charge in [0.05, 0.1) is 0 Å². The Morgan fingerprint density at radius 1 is 1.03 bits per heavy atom. The summed E-state index contributed by atoms with van der Waals surface area (Å²) < 4.78 is 5.54. The first-order valence-corrected chi connectivity index (χ1v) is 12.0.